The fourth-order valence-electron chi connectivity index (χ4n) is 2.28. The Balaban J connectivity index is 1.89. The molecule has 1 aromatic heterocycles. The van der Waals surface area contributed by atoms with Crippen LogP contribution in [0.15, 0.2) is 59.5 Å². The van der Waals surface area contributed by atoms with Crippen molar-refractivity contribution in [2.75, 3.05) is 12.5 Å². The molecule has 6 heteroatoms. The highest BCUT2D eigenvalue weighted by atomic mass is 16.5. The summed E-state index contributed by atoms with van der Waals surface area (Å²) < 4.78 is 5.21. The molecular weight excluding hydrogens is 294 g/mol. The SMILES string of the molecule is COc1cccc2c(=O)c(C(=O)NNc3ccccc3)c[nH]c12. The number of aromatic nitrogens is 1. The number of amides is 1. The van der Waals surface area contributed by atoms with Crippen molar-refractivity contribution in [2.45, 2.75) is 0 Å². The average molecular weight is 309 g/mol. The van der Waals surface area contributed by atoms with E-state index in [-0.39, 0.29) is 11.0 Å². The zero-order valence-corrected chi connectivity index (χ0v) is 12.4. The van der Waals surface area contributed by atoms with E-state index in [2.05, 4.69) is 15.8 Å². The number of aromatic amines is 1. The first-order valence-electron chi connectivity index (χ1n) is 7.00. The third kappa shape index (κ3) is 2.87. The molecule has 6 nitrogen and oxygen atoms in total. The lowest BCUT2D eigenvalue weighted by atomic mass is 10.1. The molecule has 0 aliphatic carbocycles. The number of para-hydroxylation sites is 2. The second-order valence-corrected chi connectivity index (χ2v) is 4.86. The van der Waals surface area contributed by atoms with Crippen LogP contribution in [-0.4, -0.2) is 18.0 Å². The van der Waals surface area contributed by atoms with E-state index in [9.17, 15) is 9.59 Å². The molecule has 0 saturated carbocycles. The van der Waals surface area contributed by atoms with Crippen LogP contribution >= 0.6 is 0 Å². The van der Waals surface area contributed by atoms with Gasteiger partial charge in [0.15, 0.2) is 0 Å². The maximum atomic E-state index is 12.5. The van der Waals surface area contributed by atoms with Crippen molar-refractivity contribution in [3.8, 4) is 5.75 Å². The summed E-state index contributed by atoms with van der Waals surface area (Å²) in [5.74, 6) is 0.0359. The Kier molecular flexibility index (Phi) is 3.97. The minimum absolute atomic E-state index is 0.0224. The zero-order chi connectivity index (χ0) is 16.2. The summed E-state index contributed by atoms with van der Waals surface area (Å²) >= 11 is 0. The van der Waals surface area contributed by atoms with Gasteiger partial charge in [0.05, 0.1) is 23.7 Å². The number of hydrogen-bond acceptors (Lipinski definition) is 4. The number of carbonyl (C=O) groups is 1. The first-order valence-corrected chi connectivity index (χ1v) is 7.00. The fourth-order valence-corrected chi connectivity index (χ4v) is 2.28. The van der Waals surface area contributed by atoms with Crippen LogP contribution in [0.1, 0.15) is 10.4 Å². The third-order valence-corrected chi connectivity index (χ3v) is 3.44. The van der Waals surface area contributed by atoms with Crippen LogP contribution in [0.25, 0.3) is 10.9 Å². The molecule has 3 rings (SSSR count). The molecule has 3 aromatic rings. The van der Waals surface area contributed by atoms with E-state index in [1.807, 2.05) is 18.2 Å². The number of rotatable bonds is 4. The van der Waals surface area contributed by atoms with Crippen LogP contribution in [0.3, 0.4) is 0 Å². The van der Waals surface area contributed by atoms with E-state index in [4.69, 9.17) is 4.74 Å². The van der Waals surface area contributed by atoms with Crippen LogP contribution in [0.4, 0.5) is 5.69 Å². The van der Waals surface area contributed by atoms with Gasteiger partial charge in [-0.25, -0.2) is 0 Å². The number of carbonyl (C=O) groups excluding carboxylic acids is 1. The van der Waals surface area contributed by atoms with Gasteiger partial charge in [0.1, 0.15) is 11.3 Å². The van der Waals surface area contributed by atoms with Gasteiger partial charge in [-0.3, -0.25) is 20.4 Å². The lowest BCUT2D eigenvalue weighted by Gasteiger charge is -2.09. The molecule has 0 fully saturated rings. The summed E-state index contributed by atoms with van der Waals surface area (Å²) in [5.41, 5.74) is 6.22. The summed E-state index contributed by atoms with van der Waals surface area (Å²) in [6, 6.07) is 14.3. The Morgan fingerprint density at radius 3 is 2.61 bits per heavy atom. The summed E-state index contributed by atoms with van der Waals surface area (Å²) in [4.78, 5) is 27.6. The summed E-state index contributed by atoms with van der Waals surface area (Å²) in [6.45, 7) is 0. The van der Waals surface area contributed by atoms with E-state index in [1.54, 1.807) is 30.3 Å². The number of pyridine rings is 1. The normalized spacial score (nSPS) is 10.3. The van der Waals surface area contributed by atoms with Crippen molar-refractivity contribution in [3.63, 3.8) is 0 Å². The van der Waals surface area contributed by atoms with Crippen LogP contribution in [0.5, 0.6) is 5.75 Å². The molecule has 1 amide bonds. The highest BCUT2D eigenvalue weighted by Crippen LogP contribution is 2.20. The topological polar surface area (TPSA) is 83.2 Å². The molecule has 3 N–H and O–H groups in total. The zero-order valence-electron chi connectivity index (χ0n) is 12.4. The Bertz CT molecular complexity index is 904. The quantitative estimate of drug-likeness (QED) is 0.646. The van der Waals surface area contributed by atoms with E-state index < -0.39 is 5.91 Å². The Morgan fingerprint density at radius 2 is 1.87 bits per heavy atom. The minimum Gasteiger partial charge on any atom is -0.495 e. The number of nitrogens with one attached hydrogen (secondary N) is 3. The molecule has 0 aliphatic rings. The fraction of sp³-hybridized carbons (Fsp3) is 0.0588. The molecule has 0 saturated heterocycles. The predicted molar refractivity (Wildman–Crippen MR) is 88.7 cm³/mol. The largest absolute Gasteiger partial charge is 0.495 e. The maximum absolute atomic E-state index is 12.5. The summed E-state index contributed by atoms with van der Waals surface area (Å²) in [6.07, 6.45) is 1.38. The van der Waals surface area contributed by atoms with Gasteiger partial charge in [0.25, 0.3) is 5.91 Å². The Morgan fingerprint density at radius 1 is 1.09 bits per heavy atom. The maximum Gasteiger partial charge on any atom is 0.275 e. The molecule has 2 aromatic carbocycles. The number of anilines is 1. The van der Waals surface area contributed by atoms with Gasteiger partial charge in [-0.05, 0) is 24.3 Å². The Hall–Kier alpha value is -3.28. The van der Waals surface area contributed by atoms with Crippen LogP contribution < -0.4 is 21.0 Å². The lowest BCUT2D eigenvalue weighted by Crippen LogP contribution is -2.33. The summed E-state index contributed by atoms with van der Waals surface area (Å²) in [7, 11) is 1.53. The lowest BCUT2D eigenvalue weighted by molar-refractivity contribution is 0.0961. The number of H-pyrrole nitrogens is 1. The van der Waals surface area contributed by atoms with Crippen molar-refractivity contribution < 1.29 is 9.53 Å². The van der Waals surface area contributed by atoms with Gasteiger partial charge in [0, 0.05) is 6.20 Å². The molecule has 0 atom stereocenters. The van der Waals surface area contributed by atoms with Crippen LogP contribution in [0.2, 0.25) is 0 Å². The number of fused-ring (bicyclic) bond motifs is 1. The van der Waals surface area contributed by atoms with E-state index >= 15 is 0 Å². The standard InChI is InChI=1S/C17H15N3O3/c1-23-14-9-5-8-12-15(14)18-10-13(16(12)21)17(22)20-19-11-6-3-2-4-7-11/h2-10,19H,1H3,(H,18,21)(H,20,22). The molecule has 0 aliphatic heterocycles. The van der Waals surface area contributed by atoms with Crippen molar-refractivity contribution >= 4 is 22.5 Å². The first kappa shape index (κ1) is 14.6. The smallest absolute Gasteiger partial charge is 0.275 e. The van der Waals surface area contributed by atoms with E-state index in [1.165, 1.54) is 13.3 Å². The molecule has 0 unspecified atom stereocenters. The van der Waals surface area contributed by atoms with Crippen molar-refractivity contribution in [1.82, 2.24) is 10.4 Å². The Labute approximate surface area is 132 Å². The van der Waals surface area contributed by atoms with Crippen LogP contribution in [-0.2, 0) is 0 Å². The molecule has 1 heterocycles. The van der Waals surface area contributed by atoms with Gasteiger partial charge < -0.3 is 9.72 Å². The van der Waals surface area contributed by atoms with Gasteiger partial charge in [0.2, 0.25) is 5.43 Å². The highest BCUT2D eigenvalue weighted by Gasteiger charge is 2.14. The molecule has 0 radical (unpaired) electrons. The number of methoxy groups -OCH3 is 1. The van der Waals surface area contributed by atoms with E-state index in [0.29, 0.717) is 16.7 Å². The average Bonchev–Trinajstić information content (AvgIpc) is 2.60. The highest BCUT2D eigenvalue weighted by molar-refractivity contribution is 5.98. The molecular formula is C17H15N3O3. The van der Waals surface area contributed by atoms with Crippen LogP contribution in [0, 0.1) is 0 Å². The summed E-state index contributed by atoms with van der Waals surface area (Å²) in [5, 5.41) is 0.400. The molecule has 23 heavy (non-hydrogen) atoms. The minimum atomic E-state index is -0.514. The second kappa shape index (κ2) is 6.23. The number of hydrazine groups is 1. The van der Waals surface area contributed by atoms with E-state index in [0.717, 1.165) is 5.69 Å². The number of ether oxygens (including phenoxy) is 1. The van der Waals surface area contributed by atoms with Gasteiger partial charge in [-0.2, -0.15) is 0 Å². The van der Waals surface area contributed by atoms with Gasteiger partial charge in [-0.1, -0.05) is 24.3 Å². The second-order valence-electron chi connectivity index (χ2n) is 4.86. The number of hydrogen-bond donors (Lipinski definition) is 3. The molecule has 0 spiro atoms. The predicted octanol–water partition coefficient (Wildman–Crippen LogP) is 2.29. The van der Waals surface area contributed by atoms with Crippen molar-refractivity contribution in [2.24, 2.45) is 0 Å². The molecule has 116 valence electrons. The van der Waals surface area contributed by atoms with Crippen molar-refractivity contribution in [1.29, 1.82) is 0 Å². The van der Waals surface area contributed by atoms with Crippen molar-refractivity contribution in [3.05, 3.63) is 70.5 Å². The van der Waals surface area contributed by atoms with Gasteiger partial charge in [-0.15, -0.1) is 0 Å². The number of benzene rings is 2. The first-order chi connectivity index (χ1) is 11.2. The monoisotopic (exact) mass is 309 g/mol. The third-order valence-electron chi connectivity index (χ3n) is 3.44. The molecule has 0 bridgehead atoms. The van der Waals surface area contributed by atoms with Gasteiger partial charge >= 0.3 is 0 Å².